The summed E-state index contributed by atoms with van der Waals surface area (Å²) >= 11 is 7.44. The van der Waals surface area contributed by atoms with E-state index < -0.39 is 36.7 Å². The number of thiophene rings is 1. The van der Waals surface area contributed by atoms with Crippen molar-refractivity contribution in [1.29, 1.82) is 0 Å². The molecule has 34 heavy (non-hydrogen) atoms. The minimum atomic E-state index is -4.02. The van der Waals surface area contributed by atoms with E-state index in [9.17, 15) is 31.7 Å². The maximum absolute atomic E-state index is 12.9. The molecule has 1 aliphatic heterocycles. The molecule has 1 amide bonds. The van der Waals surface area contributed by atoms with Crippen molar-refractivity contribution < 1.29 is 26.6 Å². The molecule has 16 heteroatoms. The zero-order chi connectivity index (χ0) is 24.7. The van der Waals surface area contributed by atoms with Gasteiger partial charge in [0.25, 0.3) is 15.7 Å². The molecular formula is C18H15ClN4O7S4. The Morgan fingerprint density at radius 1 is 1.12 bits per heavy atom. The summed E-state index contributed by atoms with van der Waals surface area (Å²) in [6, 6.07) is 6.24. The first-order chi connectivity index (χ1) is 16.0. The fraction of sp³-hybridized carbons (Fsp3) is 0.222. The van der Waals surface area contributed by atoms with Crippen LogP contribution in [-0.4, -0.2) is 49.5 Å². The lowest BCUT2D eigenvalue weighted by Gasteiger charge is -2.22. The SMILES string of the molecule is O=C(Nc1ncc(S(=O)(=O)c2ccc([N+](=O)[O-])cc2)s1)C1CCCN1S(=O)(=O)c1ccc(Cl)s1. The Morgan fingerprint density at radius 2 is 1.82 bits per heavy atom. The quantitative estimate of drug-likeness (QED) is 0.339. The summed E-state index contributed by atoms with van der Waals surface area (Å²) < 4.78 is 52.7. The lowest BCUT2D eigenvalue weighted by Crippen LogP contribution is -2.42. The minimum absolute atomic E-state index is 0.0195. The highest BCUT2D eigenvalue weighted by atomic mass is 35.5. The van der Waals surface area contributed by atoms with Gasteiger partial charge in [-0.15, -0.1) is 11.3 Å². The van der Waals surface area contributed by atoms with Crippen LogP contribution >= 0.6 is 34.3 Å². The summed E-state index contributed by atoms with van der Waals surface area (Å²) in [4.78, 5) is 26.7. The molecule has 1 aliphatic rings. The van der Waals surface area contributed by atoms with Crippen molar-refractivity contribution in [2.24, 2.45) is 0 Å². The number of nitro groups is 1. The summed E-state index contributed by atoms with van der Waals surface area (Å²) in [5.74, 6) is -0.627. The van der Waals surface area contributed by atoms with Crippen molar-refractivity contribution in [3.8, 4) is 0 Å². The number of carbonyl (C=O) groups excluding carboxylic acids is 1. The second-order valence-corrected chi connectivity index (χ2v) is 14.1. The lowest BCUT2D eigenvalue weighted by atomic mass is 10.2. The number of sulfone groups is 1. The average molecular weight is 563 g/mol. The zero-order valence-corrected chi connectivity index (χ0v) is 21.0. The highest BCUT2D eigenvalue weighted by Gasteiger charge is 2.40. The van der Waals surface area contributed by atoms with E-state index in [1.54, 1.807) is 0 Å². The number of carbonyl (C=O) groups is 1. The number of aromatic nitrogens is 1. The first kappa shape index (κ1) is 24.7. The maximum atomic E-state index is 12.9. The molecule has 3 aromatic rings. The average Bonchev–Trinajstić information content (AvgIpc) is 3.54. The van der Waals surface area contributed by atoms with Crippen molar-refractivity contribution in [2.45, 2.75) is 32.2 Å². The predicted molar refractivity (Wildman–Crippen MR) is 126 cm³/mol. The minimum Gasteiger partial charge on any atom is -0.301 e. The van der Waals surface area contributed by atoms with Gasteiger partial charge < -0.3 is 5.32 Å². The molecule has 1 aromatic carbocycles. The molecule has 11 nitrogen and oxygen atoms in total. The molecule has 3 heterocycles. The molecule has 1 saturated heterocycles. The molecule has 180 valence electrons. The number of rotatable bonds is 7. The van der Waals surface area contributed by atoms with Gasteiger partial charge in [0.1, 0.15) is 14.5 Å². The number of benzene rings is 1. The third-order valence-electron chi connectivity index (χ3n) is 4.96. The van der Waals surface area contributed by atoms with E-state index in [2.05, 4.69) is 10.3 Å². The van der Waals surface area contributed by atoms with Crippen LogP contribution in [0.1, 0.15) is 12.8 Å². The second-order valence-electron chi connectivity index (χ2n) is 7.06. The van der Waals surface area contributed by atoms with Gasteiger partial charge >= 0.3 is 0 Å². The Morgan fingerprint density at radius 3 is 2.44 bits per heavy atom. The van der Waals surface area contributed by atoms with E-state index >= 15 is 0 Å². The molecule has 2 aromatic heterocycles. The van der Waals surface area contributed by atoms with Gasteiger partial charge in [0.2, 0.25) is 15.7 Å². The number of hydrogen-bond donors (Lipinski definition) is 1. The van der Waals surface area contributed by atoms with Crippen LogP contribution in [0.15, 0.2) is 55.9 Å². The van der Waals surface area contributed by atoms with E-state index in [0.29, 0.717) is 28.5 Å². The van der Waals surface area contributed by atoms with E-state index in [-0.39, 0.29) is 30.7 Å². The Bertz CT molecular complexity index is 1470. The van der Waals surface area contributed by atoms with Crippen LogP contribution in [0, 0.1) is 10.1 Å². The van der Waals surface area contributed by atoms with Crippen LogP contribution in [-0.2, 0) is 24.7 Å². The van der Waals surface area contributed by atoms with Gasteiger partial charge in [0.15, 0.2) is 5.13 Å². The van der Waals surface area contributed by atoms with Crippen LogP contribution in [0.2, 0.25) is 4.34 Å². The standard InChI is InChI=1S/C18H15ClN4O7S4/c19-14-7-8-15(31-14)34(29,30)22-9-1-2-13(22)17(24)21-18-20-10-16(32-18)33(27,28)12-5-3-11(4-6-12)23(25)26/h3-8,10,13H,1-2,9H2,(H,20,21,24). The van der Waals surface area contributed by atoms with Crippen molar-refractivity contribution in [3.05, 3.63) is 57.0 Å². The van der Waals surface area contributed by atoms with Gasteiger partial charge in [-0.2, -0.15) is 4.31 Å². The number of thiazole rings is 1. The Kier molecular flexibility index (Phi) is 6.76. The van der Waals surface area contributed by atoms with Crippen LogP contribution in [0.25, 0.3) is 0 Å². The normalized spacial score (nSPS) is 17.0. The topological polar surface area (TPSA) is 157 Å². The smallest absolute Gasteiger partial charge is 0.269 e. The summed E-state index contributed by atoms with van der Waals surface area (Å²) in [6.07, 6.45) is 1.84. The third-order valence-corrected chi connectivity index (χ3v) is 11.7. The summed E-state index contributed by atoms with van der Waals surface area (Å²) in [7, 11) is -7.94. The van der Waals surface area contributed by atoms with Crippen LogP contribution in [0.5, 0.6) is 0 Å². The van der Waals surface area contributed by atoms with Crippen molar-refractivity contribution in [1.82, 2.24) is 9.29 Å². The molecule has 0 radical (unpaired) electrons. The Balaban J connectivity index is 1.51. The summed E-state index contributed by atoms with van der Waals surface area (Å²) in [6.45, 7) is 0.160. The number of nitrogens with zero attached hydrogens (tertiary/aromatic N) is 3. The highest BCUT2D eigenvalue weighted by Crippen LogP contribution is 2.33. The molecule has 0 spiro atoms. The number of nitrogens with one attached hydrogen (secondary N) is 1. The van der Waals surface area contributed by atoms with Gasteiger partial charge in [-0.1, -0.05) is 22.9 Å². The number of anilines is 1. The second kappa shape index (κ2) is 9.31. The molecule has 1 N–H and O–H groups in total. The highest BCUT2D eigenvalue weighted by molar-refractivity contribution is 7.93. The molecule has 1 unspecified atom stereocenters. The van der Waals surface area contributed by atoms with E-state index in [1.807, 2.05) is 0 Å². The fourth-order valence-electron chi connectivity index (χ4n) is 3.33. The summed E-state index contributed by atoms with van der Waals surface area (Å²) in [5.41, 5.74) is -0.253. The van der Waals surface area contributed by atoms with Crippen molar-refractivity contribution in [3.63, 3.8) is 0 Å². The first-order valence-corrected chi connectivity index (χ1v) is 14.5. The summed E-state index contributed by atoms with van der Waals surface area (Å²) in [5, 5.41) is 13.3. The lowest BCUT2D eigenvalue weighted by molar-refractivity contribution is -0.384. The number of sulfonamides is 1. The molecule has 0 aliphatic carbocycles. The Labute approximate surface area is 207 Å². The Hall–Kier alpha value is -2.43. The molecular weight excluding hydrogens is 548 g/mol. The molecule has 1 atom stereocenters. The van der Waals surface area contributed by atoms with Crippen LogP contribution in [0.4, 0.5) is 10.8 Å². The number of hydrogen-bond acceptors (Lipinski definition) is 10. The van der Waals surface area contributed by atoms with Gasteiger partial charge in [-0.25, -0.2) is 21.8 Å². The molecule has 0 bridgehead atoms. The van der Waals surface area contributed by atoms with Gasteiger partial charge in [0, 0.05) is 18.7 Å². The first-order valence-electron chi connectivity index (χ1n) is 9.53. The van der Waals surface area contributed by atoms with Gasteiger partial charge in [-0.05, 0) is 37.1 Å². The van der Waals surface area contributed by atoms with E-state index in [0.717, 1.165) is 46.1 Å². The van der Waals surface area contributed by atoms with Crippen molar-refractivity contribution >= 4 is 70.9 Å². The largest absolute Gasteiger partial charge is 0.301 e. The van der Waals surface area contributed by atoms with Crippen molar-refractivity contribution in [2.75, 3.05) is 11.9 Å². The molecule has 0 saturated carbocycles. The fourth-order valence-corrected chi connectivity index (χ4v) is 9.04. The number of amides is 1. The number of halogens is 1. The van der Waals surface area contributed by atoms with E-state index in [4.69, 9.17) is 11.6 Å². The third kappa shape index (κ3) is 4.71. The number of nitro benzene ring substituents is 1. The van der Waals surface area contributed by atoms with Crippen LogP contribution < -0.4 is 5.32 Å². The number of non-ortho nitro benzene ring substituents is 1. The van der Waals surface area contributed by atoms with Crippen LogP contribution in [0.3, 0.4) is 0 Å². The molecule has 1 fully saturated rings. The van der Waals surface area contributed by atoms with Gasteiger partial charge in [-0.3, -0.25) is 14.9 Å². The van der Waals surface area contributed by atoms with Gasteiger partial charge in [0.05, 0.1) is 20.4 Å². The molecule has 4 rings (SSSR count). The monoisotopic (exact) mass is 562 g/mol. The maximum Gasteiger partial charge on any atom is 0.269 e. The predicted octanol–water partition coefficient (Wildman–Crippen LogP) is 3.39. The zero-order valence-electron chi connectivity index (χ0n) is 17.0. The van der Waals surface area contributed by atoms with E-state index in [1.165, 1.54) is 12.1 Å².